The van der Waals surface area contributed by atoms with Crippen LogP contribution in [0.2, 0.25) is 0 Å². The van der Waals surface area contributed by atoms with E-state index in [1.54, 1.807) is 23.5 Å². The largest absolute Gasteiger partial charge is 0.508 e. The summed E-state index contributed by atoms with van der Waals surface area (Å²) in [6, 6.07) is 11.0. The fourth-order valence-corrected chi connectivity index (χ4v) is 2.42. The van der Waals surface area contributed by atoms with Gasteiger partial charge >= 0.3 is 0 Å². The lowest BCUT2D eigenvalue weighted by molar-refractivity contribution is 0.174. The van der Waals surface area contributed by atoms with Gasteiger partial charge in [-0.3, -0.25) is 0 Å². The highest BCUT2D eigenvalue weighted by Crippen LogP contribution is 2.23. The van der Waals surface area contributed by atoms with Crippen LogP contribution in [-0.2, 0) is 12.1 Å². The van der Waals surface area contributed by atoms with Crippen molar-refractivity contribution in [1.29, 1.82) is 0 Å². The molecule has 0 fully saturated rings. The molecule has 2 rings (SSSR count). The van der Waals surface area contributed by atoms with Crippen LogP contribution in [0.3, 0.4) is 0 Å². The number of aromatic hydroxyl groups is 1. The standard InChI is InChI=1S/C14H17NO2S/c1-14(10-16,11-4-6-12(17)7-5-11)15-9-13-3-2-8-18-13/h2-8,15-17H,9-10H2,1H3. The number of phenols is 1. The summed E-state index contributed by atoms with van der Waals surface area (Å²) in [6.07, 6.45) is 0. The number of aliphatic hydroxyl groups is 1. The first kappa shape index (κ1) is 13.1. The molecule has 0 bridgehead atoms. The van der Waals surface area contributed by atoms with Gasteiger partial charge in [0.2, 0.25) is 0 Å². The van der Waals surface area contributed by atoms with Crippen LogP contribution in [0.4, 0.5) is 0 Å². The number of hydrogen-bond acceptors (Lipinski definition) is 4. The van der Waals surface area contributed by atoms with Gasteiger partial charge in [-0.25, -0.2) is 0 Å². The van der Waals surface area contributed by atoms with Crippen molar-refractivity contribution in [2.24, 2.45) is 0 Å². The van der Waals surface area contributed by atoms with Gasteiger partial charge in [-0.1, -0.05) is 18.2 Å². The molecule has 0 aliphatic heterocycles. The van der Waals surface area contributed by atoms with E-state index in [1.807, 2.05) is 30.5 Å². The molecule has 3 N–H and O–H groups in total. The highest BCUT2D eigenvalue weighted by molar-refractivity contribution is 7.09. The lowest BCUT2D eigenvalue weighted by Gasteiger charge is -2.29. The molecule has 1 unspecified atom stereocenters. The Morgan fingerprint density at radius 3 is 2.50 bits per heavy atom. The molecule has 1 heterocycles. The molecule has 1 aromatic heterocycles. The number of hydrogen-bond donors (Lipinski definition) is 3. The van der Waals surface area contributed by atoms with Crippen molar-refractivity contribution in [2.45, 2.75) is 19.0 Å². The van der Waals surface area contributed by atoms with Gasteiger partial charge in [0.25, 0.3) is 0 Å². The van der Waals surface area contributed by atoms with E-state index in [1.165, 1.54) is 4.88 Å². The van der Waals surface area contributed by atoms with E-state index in [-0.39, 0.29) is 12.4 Å². The lowest BCUT2D eigenvalue weighted by Crippen LogP contribution is -2.42. The molecule has 18 heavy (non-hydrogen) atoms. The van der Waals surface area contributed by atoms with Gasteiger partial charge < -0.3 is 15.5 Å². The van der Waals surface area contributed by atoms with Crippen molar-refractivity contribution in [3.05, 3.63) is 52.2 Å². The zero-order chi connectivity index (χ0) is 13.0. The van der Waals surface area contributed by atoms with Gasteiger partial charge in [-0.2, -0.15) is 0 Å². The molecule has 0 amide bonds. The van der Waals surface area contributed by atoms with E-state index in [2.05, 4.69) is 11.4 Å². The normalized spacial score (nSPS) is 14.3. The van der Waals surface area contributed by atoms with Crippen molar-refractivity contribution < 1.29 is 10.2 Å². The number of thiophene rings is 1. The first-order valence-electron chi connectivity index (χ1n) is 5.82. The van der Waals surface area contributed by atoms with Crippen molar-refractivity contribution in [3.8, 4) is 5.75 Å². The molecular weight excluding hydrogens is 246 g/mol. The molecule has 96 valence electrons. The maximum absolute atomic E-state index is 9.62. The maximum Gasteiger partial charge on any atom is 0.115 e. The number of aliphatic hydroxyl groups excluding tert-OH is 1. The SMILES string of the molecule is CC(CO)(NCc1cccs1)c1ccc(O)cc1. The zero-order valence-corrected chi connectivity index (χ0v) is 11.1. The summed E-state index contributed by atoms with van der Waals surface area (Å²) in [5.74, 6) is 0.234. The van der Waals surface area contributed by atoms with Gasteiger partial charge in [0.1, 0.15) is 5.75 Å². The molecule has 0 saturated carbocycles. The first-order valence-corrected chi connectivity index (χ1v) is 6.70. The Kier molecular flexibility index (Phi) is 4.01. The third-order valence-electron chi connectivity index (χ3n) is 3.05. The van der Waals surface area contributed by atoms with Crippen LogP contribution in [0.15, 0.2) is 41.8 Å². The number of benzene rings is 1. The fraction of sp³-hybridized carbons (Fsp3) is 0.286. The topological polar surface area (TPSA) is 52.5 Å². The Morgan fingerprint density at radius 1 is 1.22 bits per heavy atom. The molecule has 0 radical (unpaired) electrons. The molecular formula is C14H17NO2S. The Bertz CT molecular complexity index is 481. The Morgan fingerprint density at radius 2 is 1.94 bits per heavy atom. The van der Waals surface area contributed by atoms with Crippen LogP contribution in [0, 0.1) is 0 Å². The van der Waals surface area contributed by atoms with E-state index >= 15 is 0 Å². The minimum absolute atomic E-state index is 0.00313. The summed E-state index contributed by atoms with van der Waals surface area (Å²) in [4.78, 5) is 1.23. The van der Waals surface area contributed by atoms with Gasteiger partial charge in [-0.15, -0.1) is 11.3 Å². The molecule has 0 spiro atoms. The second-order valence-electron chi connectivity index (χ2n) is 4.47. The van der Waals surface area contributed by atoms with Gasteiger partial charge in [0.15, 0.2) is 0 Å². The summed E-state index contributed by atoms with van der Waals surface area (Å²) in [5.41, 5.74) is 0.455. The van der Waals surface area contributed by atoms with Crippen LogP contribution in [0.5, 0.6) is 5.75 Å². The Hall–Kier alpha value is -1.36. The van der Waals surface area contributed by atoms with Crippen molar-refractivity contribution in [1.82, 2.24) is 5.32 Å². The molecule has 2 aromatic rings. The van der Waals surface area contributed by atoms with E-state index in [0.717, 1.165) is 12.1 Å². The molecule has 1 atom stereocenters. The molecule has 0 aliphatic rings. The second kappa shape index (κ2) is 5.52. The summed E-state index contributed by atoms with van der Waals surface area (Å²) in [5, 5.41) is 24.3. The van der Waals surface area contributed by atoms with Gasteiger partial charge in [0.05, 0.1) is 12.1 Å². The number of nitrogens with one attached hydrogen (secondary N) is 1. The zero-order valence-electron chi connectivity index (χ0n) is 10.3. The predicted octanol–water partition coefficient (Wildman–Crippen LogP) is 2.45. The first-order chi connectivity index (χ1) is 8.64. The highest BCUT2D eigenvalue weighted by Gasteiger charge is 2.25. The van der Waals surface area contributed by atoms with Gasteiger partial charge in [0, 0.05) is 11.4 Å². The molecule has 4 heteroatoms. The van der Waals surface area contributed by atoms with E-state index in [9.17, 15) is 10.2 Å². The van der Waals surface area contributed by atoms with Crippen LogP contribution in [-0.4, -0.2) is 16.8 Å². The second-order valence-corrected chi connectivity index (χ2v) is 5.50. The monoisotopic (exact) mass is 263 g/mol. The average Bonchev–Trinajstić information content (AvgIpc) is 2.90. The maximum atomic E-state index is 9.62. The Balaban J connectivity index is 2.12. The van der Waals surface area contributed by atoms with Crippen LogP contribution in [0.1, 0.15) is 17.4 Å². The Labute approximate surface area is 111 Å². The minimum Gasteiger partial charge on any atom is -0.508 e. The van der Waals surface area contributed by atoms with Crippen molar-refractivity contribution in [3.63, 3.8) is 0 Å². The molecule has 0 saturated heterocycles. The van der Waals surface area contributed by atoms with E-state index in [0.29, 0.717) is 0 Å². The van der Waals surface area contributed by atoms with Crippen molar-refractivity contribution >= 4 is 11.3 Å². The summed E-state index contributed by atoms with van der Waals surface area (Å²) in [7, 11) is 0. The summed E-state index contributed by atoms with van der Waals surface area (Å²) < 4.78 is 0. The molecule has 1 aromatic carbocycles. The van der Waals surface area contributed by atoms with Crippen LogP contribution in [0.25, 0.3) is 0 Å². The highest BCUT2D eigenvalue weighted by atomic mass is 32.1. The number of phenolic OH excluding ortho intramolecular Hbond substituents is 1. The van der Waals surface area contributed by atoms with E-state index < -0.39 is 5.54 Å². The molecule has 0 aliphatic carbocycles. The van der Waals surface area contributed by atoms with Crippen molar-refractivity contribution in [2.75, 3.05) is 6.61 Å². The number of rotatable bonds is 5. The molecule has 3 nitrogen and oxygen atoms in total. The lowest BCUT2D eigenvalue weighted by atomic mass is 9.93. The van der Waals surface area contributed by atoms with E-state index in [4.69, 9.17) is 0 Å². The fourth-order valence-electron chi connectivity index (χ4n) is 1.77. The van der Waals surface area contributed by atoms with Gasteiger partial charge in [-0.05, 0) is 36.1 Å². The quantitative estimate of drug-likeness (QED) is 0.776. The smallest absolute Gasteiger partial charge is 0.115 e. The van der Waals surface area contributed by atoms with Crippen LogP contribution >= 0.6 is 11.3 Å². The third kappa shape index (κ3) is 2.90. The van der Waals surface area contributed by atoms with Crippen LogP contribution < -0.4 is 5.32 Å². The summed E-state index contributed by atoms with van der Waals surface area (Å²) >= 11 is 1.69. The minimum atomic E-state index is -0.502. The average molecular weight is 263 g/mol. The third-order valence-corrected chi connectivity index (χ3v) is 3.93. The predicted molar refractivity (Wildman–Crippen MR) is 73.7 cm³/mol. The summed E-state index contributed by atoms with van der Waals surface area (Å²) in [6.45, 7) is 2.67.